The number of halogens is 1. The van der Waals surface area contributed by atoms with Crippen LogP contribution in [0.4, 0.5) is 0 Å². The van der Waals surface area contributed by atoms with Gasteiger partial charge < -0.3 is 5.32 Å². The Balaban J connectivity index is 2.22. The van der Waals surface area contributed by atoms with Crippen LogP contribution in [0.3, 0.4) is 0 Å². The van der Waals surface area contributed by atoms with E-state index in [0.717, 1.165) is 18.7 Å². The maximum atomic E-state index is 4.52. The summed E-state index contributed by atoms with van der Waals surface area (Å²) in [7, 11) is 4.13. The smallest absolute Gasteiger partial charge is 0.0738 e. The van der Waals surface area contributed by atoms with E-state index in [-0.39, 0.29) is 0 Å². The summed E-state index contributed by atoms with van der Waals surface area (Å²) in [5.41, 5.74) is 2.88. The van der Waals surface area contributed by atoms with Crippen molar-refractivity contribution >= 4 is 15.9 Å². The first-order chi connectivity index (χ1) is 8.58. The molecular weight excluding hydrogens is 290 g/mol. The minimum Gasteiger partial charge on any atom is -0.319 e. The topological polar surface area (TPSA) is 29.9 Å². The molecule has 2 rings (SSSR count). The molecule has 0 saturated heterocycles. The van der Waals surface area contributed by atoms with Crippen molar-refractivity contribution in [2.24, 2.45) is 12.5 Å². The van der Waals surface area contributed by atoms with Crippen LogP contribution < -0.4 is 5.32 Å². The fourth-order valence-electron chi connectivity index (χ4n) is 3.32. The summed E-state index contributed by atoms with van der Waals surface area (Å²) in [4.78, 5) is 0. The van der Waals surface area contributed by atoms with Gasteiger partial charge in [-0.15, -0.1) is 0 Å². The number of nitrogens with one attached hydrogen (secondary N) is 1. The first kappa shape index (κ1) is 14.1. The molecule has 0 aromatic carbocycles. The lowest BCUT2D eigenvalue weighted by molar-refractivity contribution is 0.181. The summed E-state index contributed by atoms with van der Waals surface area (Å²) in [6.07, 6.45) is 7.95. The first-order valence-corrected chi connectivity index (χ1v) is 7.70. The normalized spacial score (nSPS) is 19.1. The molecule has 3 nitrogen and oxygen atoms in total. The van der Waals surface area contributed by atoms with Crippen LogP contribution in [0.1, 0.15) is 43.5 Å². The van der Waals surface area contributed by atoms with Gasteiger partial charge in [0, 0.05) is 13.6 Å². The van der Waals surface area contributed by atoms with Crippen LogP contribution in [-0.4, -0.2) is 23.4 Å². The van der Waals surface area contributed by atoms with Crippen LogP contribution in [0.2, 0.25) is 0 Å². The largest absolute Gasteiger partial charge is 0.319 e. The lowest BCUT2D eigenvalue weighted by Gasteiger charge is -2.37. The maximum Gasteiger partial charge on any atom is 0.0738 e. The predicted molar refractivity (Wildman–Crippen MR) is 78.8 cm³/mol. The molecule has 0 aliphatic heterocycles. The highest BCUT2D eigenvalue weighted by molar-refractivity contribution is 9.10. The van der Waals surface area contributed by atoms with Gasteiger partial charge in [0.1, 0.15) is 0 Å². The standard InChI is InChI=1S/C14H24BrN3/c1-11-13(15)12(18(3)17-11)9-14(10-16-2)7-5-4-6-8-14/h16H,4-10H2,1-3H3. The van der Waals surface area contributed by atoms with Crippen LogP contribution in [0.5, 0.6) is 0 Å². The molecule has 18 heavy (non-hydrogen) atoms. The van der Waals surface area contributed by atoms with Gasteiger partial charge in [-0.1, -0.05) is 19.3 Å². The molecule has 1 N–H and O–H groups in total. The van der Waals surface area contributed by atoms with E-state index in [0.29, 0.717) is 5.41 Å². The van der Waals surface area contributed by atoms with E-state index in [1.165, 1.54) is 42.3 Å². The van der Waals surface area contributed by atoms with Crippen LogP contribution >= 0.6 is 15.9 Å². The Morgan fingerprint density at radius 3 is 2.50 bits per heavy atom. The van der Waals surface area contributed by atoms with Crippen molar-refractivity contribution < 1.29 is 0 Å². The van der Waals surface area contributed by atoms with Crippen molar-refractivity contribution in [3.63, 3.8) is 0 Å². The molecule has 0 atom stereocenters. The van der Waals surface area contributed by atoms with Crippen molar-refractivity contribution in [2.75, 3.05) is 13.6 Å². The van der Waals surface area contributed by atoms with E-state index in [1.54, 1.807) is 0 Å². The van der Waals surface area contributed by atoms with E-state index in [2.05, 4.69) is 47.4 Å². The Labute approximate surface area is 118 Å². The first-order valence-electron chi connectivity index (χ1n) is 6.90. The fourth-order valence-corrected chi connectivity index (χ4v) is 3.80. The minimum atomic E-state index is 0.426. The second-order valence-electron chi connectivity index (χ2n) is 5.74. The zero-order chi connectivity index (χ0) is 13.2. The third kappa shape index (κ3) is 2.80. The number of aromatic nitrogens is 2. The third-order valence-electron chi connectivity index (χ3n) is 4.27. The molecule has 1 heterocycles. The number of nitrogens with zero attached hydrogens (tertiary/aromatic N) is 2. The van der Waals surface area contributed by atoms with Crippen molar-refractivity contribution in [3.8, 4) is 0 Å². The van der Waals surface area contributed by atoms with Gasteiger partial charge >= 0.3 is 0 Å². The molecule has 1 aromatic rings. The average molecular weight is 314 g/mol. The molecule has 0 amide bonds. The van der Waals surface area contributed by atoms with Crippen molar-refractivity contribution in [1.29, 1.82) is 0 Å². The van der Waals surface area contributed by atoms with E-state index in [4.69, 9.17) is 0 Å². The van der Waals surface area contributed by atoms with E-state index in [1.807, 2.05) is 4.68 Å². The Morgan fingerprint density at radius 2 is 2.00 bits per heavy atom. The molecule has 1 aliphatic carbocycles. The zero-order valence-electron chi connectivity index (χ0n) is 11.7. The number of aryl methyl sites for hydroxylation is 2. The molecule has 102 valence electrons. The highest BCUT2D eigenvalue weighted by atomic mass is 79.9. The molecule has 1 fully saturated rings. The molecule has 0 spiro atoms. The molecule has 0 bridgehead atoms. The number of hydrogen-bond acceptors (Lipinski definition) is 2. The molecule has 0 unspecified atom stereocenters. The molecule has 0 radical (unpaired) electrons. The summed E-state index contributed by atoms with van der Waals surface area (Å²) in [6, 6.07) is 0. The monoisotopic (exact) mass is 313 g/mol. The van der Waals surface area contributed by atoms with Gasteiger partial charge in [-0.05, 0) is 54.6 Å². The fraction of sp³-hybridized carbons (Fsp3) is 0.786. The second-order valence-corrected chi connectivity index (χ2v) is 6.53. The quantitative estimate of drug-likeness (QED) is 0.925. The second kappa shape index (κ2) is 5.74. The summed E-state index contributed by atoms with van der Waals surface area (Å²) in [5, 5.41) is 7.92. The number of rotatable bonds is 4. The van der Waals surface area contributed by atoms with Gasteiger partial charge in [-0.3, -0.25) is 4.68 Å². The van der Waals surface area contributed by atoms with Gasteiger partial charge in [0.25, 0.3) is 0 Å². The molecular formula is C14H24BrN3. The SMILES string of the molecule is CNCC1(Cc2c(Br)c(C)nn2C)CCCCC1. The Morgan fingerprint density at radius 1 is 1.33 bits per heavy atom. The van der Waals surface area contributed by atoms with Crippen LogP contribution in [0.25, 0.3) is 0 Å². The predicted octanol–water partition coefficient (Wildman–Crippen LogP) is 3.20. The minimum absolute atomic E-state index is 0.426. The maximum absolute atomic E-state index is 4.52. The van der Waals surface area contributed by atoms with Crippen LogP contribution in [0, 0.1) is 12.3 Å². The lowest BCUT2D eigenvalue weighted by atomic mass is 9.71. The molecule has 1 aliphatic rings. The van der Waals surface area contributed by atoms with Gasteiger partial charge in [0.15, 0.2) is 0 Å². The molecule has 1 aromatic heterocycles. The molecule has 1 saturated carbocycles. The van der Waals surface area contributed by atoms with Crippen LogP contribution in [0.15, 0.2) is 4.47 Å². The highest BCUT2D eigenvalue weighted by Crippen LogP contribution is 2.40. The van der Waals surface area contributed by atoms with Gasteiger partial charge in [-0.2, -0.15) is 5.10 Å². The van der Waals surface area contributed by atoms with E-state index < -0.39 is 0 Å². The lowest BCUT2D eigenvalue weighted by Crippen LogP contribution is -2.37. The van der Waals surface area contributed by atoms with Crippen molar-refractivity contribution in [1.82, 2.24) is 15.1 Å². The summed E-state index contributed by atoms with van der Waals surface area (Å²) >= 11 is 3.70. The van der Waals surface area contributed by atoms with E-state index in [9.17, 15) is 0 Å². The van der Waals surface area contributed by atoms with Gasteiger partial charge in [0.2, 0.25) is 0 Å². The Hall–Kier alpha value is -0.350. The summed E-state index contributed by atoms with van der Waals surface area (Å²) < 4.78 is 3.25. The Kier molecular flexibility index (Phi) is 4.49. The third-order valence-corrected chi connectivity index (χ3v) is 5.30. The van der Waals surface area contributed by atoms with Gasteiger partial charge in [-0.25, -0.2) is 0 Å². The van der Waals surface area contributed by atoms with Gasteiger partial charge in [0.05, 0.1) is 15.9 Å². The van der Waals surface area contributed by atoms with Crippen molar-refractivity contribution in [2.45, 2.75) is 45.4 Å². The van der Waals surface area contributed by atoms with Crippen LogP contribution in [-0.2, 0) is 13.5 Å². The Bertz CT molecular complexity index is 400. The molecule has 4 heteroatoms. The zero-order valence-corrected chi connectivity index (χ0v) is 13.3. The highest BCUT2D eigenvalue weighted by Gasteiger charge is 2.33. The van der Waals surface area contributed by atoms with E-state index >= 15 is 0 Å². The summed E-state index contributed by atoms with van der Waals surface area (Å²) in [5.74, 6) is 0. The average Bonchev–Trinajstić information content (AvgIpc) is 2.58. The summed E-state index contributed by atoms with van der Waals surface area (Å²) in [6.45, 7) is 3.18. The number of hydrogen-bond donors (Lipinski definition) is 1. The van der Waals surface area contributed by atoms with Crippen molar-refractivity contribution in [3.05, 3.63) is 15.9 Å².